The summed E-state index contributed by atoms with van der Waals surface area (Å²) in [7, 11) is 0. The topological polar surface area (TPSA) is 59.8 Å². The number of carbonyl (C=O) groups is 1. The van der Waals surface area contributed by atoms with E-state index in [9.17, 15) is 4.79 Å². The molecule has 5 nitrogen and oxygen atoms in total. The van der Waals surface area contributed by atoms with Gasteiger partial charge in [-0.3, -0.25) is 4.79 Å². The van der Waals surface area contributed by atoms with Crippen molar-refractivity contribution < 1.29 is 4.79 Å². The summed E-state index contributed by atoms with van der Waals surface area (Å²) < 4.78 is 2.08. The summed E-state index contributed by atoms with van der Waals surface area (Å²) in [5, 5.41) is 14.6. The number of carbonyl (C=O) groups excluding carboxylic acids is 1. The van der Waals surface area contributed by atoms with Gasteiger partial charge in [-0.05, 0) is 37.1 Å². The quantitative estimate of drug-likeness (QED) is 0.792. The van der Waals surface area contributed by atoms with E-state index in [1.807, 2.05) is 17.5 Å². The monoisotopic (exact) mass is 364 g/mol. The molecule has 0 spiro atoms. The molecule has 7 heteroatoms. The molecule has 0 unspecified atom stereocenters. The fourth-order valence-corrected chi connectivity index (χ4v) is 4.71. The first-order valence-electron chi connectivity index (χ1n) is 8.58. The van der Waals surface area contributed by atoms with E-state index in [-0.39, 0.29) is 5.91 Å². The smallest absolute Gasteiger partial charge is 0.230 e. The molecule has 3 rings (SSSR count). The van der Waals surface area contributed by atoms with Crippen LogP contribution in [-0.2, 0) is 11.3 Å². The third-order valence-corrected chi connectivity index (χ3v) is 6.40. The minimum absolute atomic E-state index is 0.0991. The van der Waals surface area contributed by atoms with Crippen LogP contribution in [0.25, 0.3) is 10.7 Å². The molecule has 24 heavy (non-hydrogen) atoms. The minimum Gasteiger partial charge on any atom is -0.352 e. The maximum Gasteiger partial charge on any atom is 0.230 e. The summed E-state index contributed by atoms with van der Waals surface area (Å²) in [5.74, 6) is 1.96. The van der Waals surface area contributed by atoms with Crippen LogP contribution in [0.1, 0.15) is 39.5 Å². The summed E-state index contributed by atoms with van der Waals surface area (Å²) >= 11 is 3.12. The van der Waals surface area contributed by atoms with Crippen LogP contribution in [0.5, 0.6) is 0 Å². The van der Waals surface area contributed by atoms with Crippen LogP contribution < -0.4 is 5.32 Å². The predicted octanol–water partition coefficient (Wildman–Crippen LogP) is 3.81. The predicted molar refractivity (Wildman–Crippen MR) is 99.3 cm³/mol. The summed E-state index contributed by atoms with van der Waals surface area (Å²) in [5.41, 5.74) is 0. The Balaban J connectivity index is 1.59. The lowest BCUT2D eigenvalue weighted by Crippen LogP contribution is -2.41. The maximum atomic E-state index is 12.3. The lowest BCUT2D eigenvalue weighted by atomic mass is 9.86. The number of thioether (sulfide) groups is 1. The fraction of sp³-hybridized carbons (Fsp3) is 0.588. The van der Waals surface area contributed by atoms with Crippen molar-refractivity contribution in [3.05, 3.63) is 17.5 Å². The van der Waals surface area contributed by atoms with Crippen LogP contribution in [0.3, 0.4) is 0 Å². The maximum absolute atomic E-state index is 12.3. The first kappa shape index (κ1) is 17.5. The summed E-state index contributed by atoms with van der Waals surface area (Å²) in [6.45, 7) is 5.11. The van der Waals surface area contributed by atoms with E-state index in [4.69, 9.17) is 0 Å². The van der Waals surface area contributed by atoms with Crippen LogP contribution in [-0.4, -0.2) is 32.5 Å². The zero-order valence-corrected chi connectivity index (χ0v) is 15.8. The molecule has 0 saturated heterocycles. The Kier molecular flexibility index (Phi) is 5.94. The molecule has 2 atom stereocenters. The number of amides is 1. The van der Waals surface area contributed by atoms with Crippen molar-refractivity contribution in [2.45, 2.75) is 57.3 Å². The first-order valence-corrected chi connectivity index (χ1v) is 10.4. The average molecular weight is 365 g/mol. The van der Waals surface area contributed by atoms with Gasteiger partial charge in [0.1, 0.15) is 0 Å². The standard InChI is InChI=1S/C17H24N4OS2/c1-3-21-16(14-9-6-10-23-14)19-20-17(21)24-11-15(22)18-13-8-5-4-7-12(13)2/h6,9-10,12-13H,3-5,7-8,11H2,1-2H3,(H,18,22)/t12-,13+/m1/s1. The molecule has 0 radical (unpaired) electrons. The third-order valence-electron chi connectivity index (χ3n) is 4.56. The highest BCUT2D eigenvalue weighted by Gasteiger charge is 2.23. The Labute approximate surface area is 151 Å². The van der Waals surface area contributed by atoms with E-state index in [1.165, 1.54) is 31.0 Å². The van der Waals surface area contributed by atoms with Gasteiger partial charge in [0.2, 0.25) is 5.91 Å². The van der Waals surface area contributed by atoms with Gasteiger partial charge in [0.05, 0.1) is 10.6 Å². The van der Waals surface area contributed by atoms with Crippen molar-refractivity contribution in [3.8, 4) is 10.7 Å². The Morgan fingerprint density at radius 3 is 2.96 bits per heavy atom. The largest absolute Gasteiger partial charge is 0.352 e. The average Bonchev–Trinajstić information content (AvgIpc) is 3.23. The van der Waals surface area contributed by atoms with Crippen molar-refractivity contribution in [1.29, 1.82) is 0 Å². The third kappa shape index (κ3) is 4.00. The van der Waals surface area contributed by atoms with Gasteiger partial charge in [-0.2, -0.15) is 0 Å². The molecule has 1 amide bonds. The van der Waals surface area contributed by atoms with E-state index in [2.05, 4.69) is 33.9 Å². The van der Waals surface area contributed by atoms with Crippen molar-refractivity contribution >= 4 is 29.0 Å². The number of aromatic nitrogens is 3. The molecule has 0 aromatic carbocycles. The van der Waals surface area contributed by atoms with Gasteiger partial charge < -0.3 is 9.88 Å². The second-order valence-electron chi connectivity index (χ2n) is 6.25. The Morgan fingerprint density at radius 1 is 1.42 bits per heavy atom. The second-order valence-corrected chi connectivity index (χ2v) is 8.14. The van der Waals surface area contributed by atoms with Gasteiger partial charge in [0.25, 0.3) is 0 Å². The van der Waals surface area contributed by atoms with Crippen molar-refractivity contribution in [3.63, 3.8) is 0 Å². The SMILES string of the molecule is CCn1c(SCC(=O)N[C@H]2CCCC[C@H]2C)nnc1-c1cccs1. The zero-order chi connectivity index (χ0) is 16.9. The number of thiophene rings is 1. The molecule has 1 saturated carbocycles. The van der Waals surface area contributed by atoms with Crippen LogP contribution >= 0.6 is 23.1 Å². The molecule has 1 N–H and O–H groups in total. The lowest BCUT2D eigenvalue weighted by molar-refractivity contribution is -0.119. The summed E-state index contributed by atoms with van der Waals surface area (Å²) in [4.78, 5) is 13.4. The highest BCUT2D eigenvalue weighted by Crippen LogP contribution is 2.27. The van der Waals surface area contributed by atoms with Gasteiger partial charge >= 0.3 is 0 Å². The summed E-state index contributed by atoms with van der Waals surface area (Å²) in [6, 6.07) is 4.39. The fourth-order valence-electron chi connectivity index (χ4n) is 3.18. The molecule has 2 aromatic heterocycles. The Morgan fingerprint density at radius 2 is 2.25 bits per heavy atom. The highest BCUT2D eigenvalue weighted by molar-refractivity contribution is 7.99. The molecule has 2 heterocycles. The van der Waals surface area contributed by atoms with E-state index in [0.29, 0.717) is 17.7 Å². The van der Waals surface area contributed by atoms with Gasteiger partial charge in [0, 0.05) is 12.6 Å². The molecule has 0 aliphatic heterocycles. The molecule has 1 aliphatic rings. The number of nitrogens with one attached hydrogen (secondary N) is 1. The van der Waals surface area contributed by atoms with Crippen LogP contribution in [0, 0.1) is 5.92 Å². The second kappa shape index (κ2) is 8.16. The first-order chi connectivity index (χ1) is 11.7. The number of rotatable bonds is 6. The van der Waals surface area contributed by atoms with E-state index < -0.39 is 0 Å². The molecule has 130 valence electrons. The Hall–Kier alpha value is -1.34. The number of hydrogen-bond donors (Lipinski definition) is 1. The highest BCUT2D eigenvalue weighted by atomic mass is 32.2. The summed E-state index contributed by atoms with van der Waals surface area (Å²) in [6.07, 6.45) is 4.82. The lowest BCUT2D eigenvalue weighted by Gasteiger charge is -2.29. The normalized spacial score (nSPS) is 20.9. The van der Waals surface area contributed by atoms with Crippen molar-refractivity contribution in [2.24, 2.45) is 5.92 Å². The van der Waals surface area contributed by atoms with E-state index >= 15 is 0 Å². The van der Waals surface area contributed by atoms with E-state index in [0.717, 1.165) is 28.8 Å². The van der Waals surface area contributed by atoms with Crippen molar-refractivity contribution in [1.82, 2.24) is 20.1 Å². The van der Waals surface area contributed by atoms with Gasteiger partial charge in [0.15, 0.2) is 11.0 Å². The van der Waals surface area contributed by atoms with Crippen LogP contribution in [0.4, 0.5) is 0 Å². The van der Waals surface area contributed by atoms with Crippen molar-refractivity contribution in [2.75, 3.05) is 5.75 Å². The Bertz CT molecular complexity index is 668. The number of nitrogens with zero attached hydrogens (tertiary/aromatic N) is 3. The molecule has 1 aliphatic carbocycles. The molecular weight excluding hydrogens is 340 g/mol. The van der Waals surface area contributed by atoms with Gasteiger partial charge in [-0.15, -0.1) is 21.5 Å². The van der Waals surface area contributed by atoms with E-state index in [1.54, 1.807) is 11.3 Å². The van der Waals surface area contributed by atoms with Crippen LogP contribution in [0.2, 0.25) is 0 Å². The molecule has 2 aromatic rings. The van der Waals surface area contributed by atoms with Gasteiger partial charge in [-0.25, -0.2) is 0 Å². The minimum atomic E-state index is 0.0991. The molecule has 0 bridgehead atoms. The molecular formula is C17H24N4OS2. The van der Waals surface area contributed by atoms with Crippen LogP contribution in [0.15, 0.2) is 22.7 Å². The zero-order valence-electron chi connectivity index (χ0n) is 14.2. The number of hydrogen-bond acceptors (Lipinski definition) is 5. The van der Waals surface area contributed by atoms with Gasteiger partial charge in [-0.1, -0.05) is 37.6 Å². The molecule has 1 fully saturated rings.